The lowest BCUT2D eigenvalue weighted by molar-refractivity contribution is -0.0254. The van der Waals surface area contributed by atoms with Gasteiger partial charge in [0.2, 0.25) is 6.79 Å². The minimum atomic E-state index is -0.779. The number of benzene rings is 3. The van der Waals surface area contributed by atoms with Crippen molar-refractivity contribution in [3.63, 3.8) is 0 Å². The molecule has 5 nitrogen and oxygen atoms in total. The van der Waals surface area contributed by atoms with E-state index in [0.717, 1.165) is 54.4 Å². The Morgan fingerprint density at radius 2 is 1.63 bits per heavy atom. The van der Waals surface area contributed by atoms with E-state index >= 15 is 0 Å². The van der Waals surface area contributed by atoms with Crippen LogP contribution in [0.1, 0.15) is 41.5 Å². The Kier molecular flexibility index (Phi) is 5.93. The topological polar surface area (TPSA) is 51.2 Å². The highest BCUT2D eigenvalue weighted by Gasteiger charge is 2.33. The van der Waals surface area contributed by atoms with Crippen molar-refractivity contribution < 1.29 is 19.3 Å². The van der Waals surface area contributed by atoms with Crippen molar-refractivity contribution in [2.24, 2.45) is 0 Å². The second-order valence-electron chi connectivity index (χ2n) is 9.43. The Hall–Kier alpha value is -2.99. The van der Waals surface area contributed by atoms with Crippen LogP contribution >= 0.6 is 11.6 Å². The Morgan fingerprint density at radius 1 is 0.886 bits per heavy atom. The summed E-state index contributed by atoms with van der Waals surface area (Å²) in [5.74, 6) is 2.31. The third-order valence-corrected chi connectivity index (χ3v) is 7.57. The van der Waals surface area contributed by atoms with Gasteiger partial charge in [0.25, 0.3) is 0 Å². The first-order valence-corrected chi connectivity index (χ1v) is 12.5. The molecule has 1 fully saturated rings. The highest BCUT2D eigenvalue weighted by molar-refractivity contribution is 6.30. The summed E-state index contributed by atoms with van der Waals surface area (Å²) in [6.07, 6.45) is 4.65. The van der Waals surface area contributed by atoms with E-state index in [-0.39, 0.29) is 6.79 Å². The molecule has 180 valence electrons. The van der Waals surface area contributed by atoms with Gasteiger partial charge < -0.3 is 24.2 Å². The second-order valence-corrected chi connectivity index (χ2v) is 9.87. The van der Waals surface area contributed by atoms with Gasteiger partial charge in [-0.25, -0.2) is 0 Å². The molecule has 3 aromatic rings. The molecule has 6 rings (SSSR count). The third kappa shape index (κ3) is 4.40. The minimum absolute atomic E-state index is 0.241. The van der Waals surface area contributed by atoms with Crippen molar-refractivity contribution in [1.29, 1.82) is 0 Å². The molecular formula is C29H28ClNO4. The summed E-state index contributed by atoms with van der Waals surface area (Å²) < 4.78 is 17.4. The Morgan fingerprint density at radius 3 is 2.43 bits per heavy atom. The number of fused-ring (bicyclic) bond motifs is 3. The Bertz CT molecular complexity index is 1260. The number of halogens is 1. The molecule has 3 aromatic carbocycles. The number of piperidine rings is 1. The zero-order valence-electron chi connectivity index (χ0n) is 19.5. The van der Waals surface area contributed by atoms with Gasteiger partial charge in [-0.1, -0.05) is 54.1 Å². The molecule has 0 saturated carbocycles. The molecule has 35 heavy (non-hydrogen) atoms. The molecule has 3 heterocycles. The molecule has 0 bridgehead atoms. The van der Waals surface area contributed by atoms with Crippen molar-refractivity contribution in [3.8, 4) is 17.2 Å². The second kappa shape index (κ2) is 9.23. The smallest absolute Gasteiger partial charge is 0.231 e. The van der Waals surface area contributed by atoms with Gasteiger partial charge in [0.15, 0.2) is 11.5 Å². The largest absolute Gasteiger partial charge is 0.488 e. The van der Waals surface area contributed by atoms with E-state index in [1.807, 2.05) is 36.4 Å². The third-order valence-electron chi connectivity index (χ3n) is 7.31. The molecule has 3 aliphatic heterocycles. The first kappa shape index (κ1) is 22.5. The first-order chi connectivity index (χ1) is 17.1. The monoisotopic (exact) mass is 489 g/mol. The van der Waals surface area contributed by atoms with Crippen LogP contribution in [-0.2, 0) is 12.2 Å². The lowest BCUT2D eigenvalue weighted by Crippen LogP contribution is -2.42. The number of likely N-dealkylation sites (tertiary alicyclic amines) is 1. The summed E-state index contributed by atoms with van der Waals surface area (Å²) in [5, 5.41) is 11.9. The number of nitrogens with zero attached hydrogens (tertiary/aromatic N) is 1. The van der Waals surface area contributed by atoms with Crippen LogP contribution in [0.4, 0.5) is 0 Å². The number of rotatable bonds is 4. The summed E-state index contributed by atoms with van der Waals surface area (Å²) in [5.41, 5.74) is 4.74. The van der Waals surface area contributed by atoms with Crippen molar-refractivity contribution in [2.45, 2.75) is 31.5 Å². The van der Waals surface area contributed by atoms with Crippen LogP contribution in [-0.4, -0.2) is 36.4 Å². The fourth-order valence-corrected chi connectivity index (χ4v) is 5.40. The van der Waals surface area contributed by atoms with Gasteiger partial charge in [-0.05, 0) is 59.7 Å². The summed E-state index contributed by atoms with van der Waals surface area (Å²) >= 11 is 6.03. The zero-order valence-corrected chi connectivity index (χ0v) is 20.3. The molecule has 0 radical (unpaired) electrons. The van der Waals surface area contributed by atoms with Crippen LogP contribution in [0.25, 0.3) is 5.57 Å². The normalized spacial score (nSPS) is 19.5. The summed E-state index contributed by atoms with van der Waals surface area (Å²) in [6.45, 7) is 3.42. The molecule has 1 N–H and O–H groups in total. The van der Waals surface area contributed by atoms with Gasteiger partial charge in [-0.3, -0.25) is 0 Å². The quantitative estimate of drug-likeness (QED) is 0.504. The molecular weight excluding hydrogens is 462 g/mol. The Balaban J connectivity index is 1.20. The fraction of sp³-hybridized carbons (Fsp3) is 0.310. The lowest BCUT2D eigenvalue weighted by Gasteiger charge is -2.38. The van der Waals surface area contributed by atoms with Gasteiger partial charge in [-0.15, -0.1) is 0 Å². The zero-order chi connectivity index (χ0) is 23.8. The predicted molar refractivity (Wildman–Crippen MR) is 136 cm³/mol. The SMILES string of the molecule is OC1(c2ccc(Cl)cc2)CCN(CC/C=C2\c3ccccc3COc3cc4c(cc32)OCO4)CC1. The minimum Gasteiger partial charge on any atom is -0.488 e. The molecule has 0 aromatic heterocycles. The van der Waals surface area contributed by atoms with Crippen LogP contribution < -0.4 is 14.2 Å². The maximum Gasteiger partial charge on any atom is 0.231 e. The van der Waals surface area contributed by atoms with Crippen LogP contribution in [0, 0.1) is 0 Å². The number of hydrogen-bond donors (Lipinski definition) is 1. The van der Waals surface area contributed by atoms with Crippen molar-refractivity contribution in [3.05, 3.63) is 94.0 Å². The van der Waals surface area contributed by atoms with Gasteiger partial charge >= 0.3 is 0 Å². The van der Waals surface area contributed by atoms with Gasteiger partial charge in [0, 0.05) is 36.3 Å². The van der Waals surface area contributed by atoms with E-state index in [4.69, 9.17) is 25.8 Å². The van der Waals surface area contributed by atoms with E-state index in [1.165, 1.54) is 16.7 Å². The Labute approximate surface area is 210 Å². The standard InChI is InChI=1S/C29H28ClNO4/c30-22-9-7-21(8-10-22)29(32)11-14-31(15-12-29)13-3-6-24-23-5-2-1-4-20(23)18-33-26-17-28-27(16-25(24)26)34-19-35-28/h1-2,4-10,16-17,32H,3,11-15,18-19H2/b24-6+. The summed E-state index contributed by atoms with van der Waals surface area (Å²) in [7, 11) is 0. The van der Waals surface area contributed by atoms with E-state index in [0.29, 0.717) is 24.5 Å². The average Bonchev–Trinajstić information content (AvgIpc) is 3.28. The van der Waals surface area contributed by atoms with Crippen molar-refractivity contribution in [1.82, 2.24) is 4.90 Å². The van der Waals surface area contributed by atoms with Crippen molar-refractivity contribution in [2.75, 3.05) is 26.4 Å². The van der Waals surface area contributed by atoms with Gasteiger partial charge in [-0.2, -0.15) is 0 Å². The molecule has 0 aliphatic carbocycles. The predicted octanol–water partition coefficient (Wildman–Crippen LogP) is 5.77. The van der Waals surface area contributed by atoms with Crippen LogP contribution in [0.5, 0.6) is 17.2 Å². The summed E-state index contributed by atoms with van der Waals surface area (Å²) in [6, 6.07) is 20.0. The molecule has 0 unspecified atom stereocenters. The van der Waals surface area contributed by atoms with Crippen LogP contribution in [0.2, 0.25) is 5.02 Å². The lowest BCUT2D eigenvalue weighted by atomic mass is 9.84. The fourth-order valence-electron chi connectivity index (χ4n) is 5.27. The van der Waals surface area contributed by atoms with E-state index < -0.39 is 5.60 Å². The number of ether oxygens (including phenoxy) is 3. The van der Waals surface area contributed by atoms with E-state index in [2.05, 4.69) is 35.2 Å². The maximum absolute atomic E-state index is 11.2. The van der Waals surface area contributed by atoms with Gasteiger partial charge in [0.1, 0.15) is 12.4 Å². The summed E-state index contributed by atoms with van der Waals surface area (Å²) in [4.78, 5) is 2.43. The van der Waals surface area contributed by atoms with Crippen LogP contribution in [0.15, 0.2) is 66.7 Å². The van der Waals surface area contributed by atoms with E-state index in [9.17, 15) is 5.11 Å². The van der Waals surface area contributed by atoms with Crippen molar-refractivity contribution >= 4 is 17.2 Å². The molecule has 6 heteroatoms. The van der Waals surface area contributed by atoms with Crippen LogP contribution in [0.3, 0.4) is 0 Å². The average molecular weight is 490 g/mol. The number of aliphatic hydroxyl groups is 1. The maximum atomic E-state index is 11.2. The molecule has 0 spiro atoms. The molecule has 0 atom stereocenters. The van der Waals surface area contributed by atoms with Gasteiger partial charge in [0.05, 0.1) is 5.60 Å². The first-order valence-electron chi connectivity index (χ1n) is 12.2. The van der Waals surface area contributed by atoms with E-state index in [1.54, 1.807) is 0 Å². The highest BCUT2D eigenvalue weighted by Crippen LogP contribution is 2.45. The molecule has 1 saturated heterocycles. The number of hydrogen-bond acceptors (Lipinski definition) is 5. The highest BCUT2D eigenvalue weighted by atomic mass is 35.5. The molecule has 3 aliphatic rings. The molecule has 0 amide bonds.